The van der Waals surface area contributed by atoms with Gasteiger partial charge in [0.25, 0.3) is 0 Å². The summed E-state index contributed by atoms with van der Waals surface area (Å²) in [6.45, 7) is 0. The van der Waals surface area contributed by atoms with Gasteiger partial charge in [0.05, 0.1) is 14.1 Å². The second-order valence-corrected chi connectivity index (χ2v) is 6.61. The van der Waals surface area contributed by atoms with Crippen molar-refractivity contribution < 1.29 is 19.4 Å². The zero-order valence-electron chi connectivity index (χ0n) is 10.1. The van der Waals surface area contributed by atoms with E-state index in [0.29, 0.717) is 0 Å². The number of halogens is 1. The molecule has 0 amide bonds. The molecule has 1 saturated heterocycles. The van der Waals surface area contributed by atoms with Crippen LogP contribution in [0.25, 0.3) is 0 Å². The SMILES string of the molecule is [CH2-][Al]1[CH2]C[CH2]1.[CH]1[CH][CH][CH][CH]1.[CH]1[CH][CH][CH][CH]1.[Cl][Ti+]. The summed E-state index contributed by atoms with van der Waals surface area (Å²) in [4.78, 5) is 0. The van der Waals surface area contributed by atoms with Crippen LogP contribution in [-0.2, 0) is 19.4 Å². The standard InChI is InChI=1S/2C5H5.C3H6.CH2.Al.ClH.Ti/c2*1-2-4-5-3-1;1-3-2;;;;/h2*1-5H;1-3H2;1H2;;1H;/q;;;-1;;;+2/p-1. The van der Waals surface area contributed by atoms with Crippen molar-refractivity contribution in [3.8, 4) is 0 Å². The van der Waals surface area contributed by atoms with Gasteiger partial charge in [0, 0.05) is 0 Å². The van der Waals surface area contributed by atoms with E-state index in [1.165, 1.54) is 36.4 Å². The molecule has 0 spiro atoms. The molecule has 0 aromatic rings. The molecule has 17 heavy (non-hydrogen) atoms. The van der Waals surface area contributed by atoms with Crippen LogP contribution in [-0.4, -0.2) is 14.1 Å². The van der Waals surface area contributed by atoms with Crippen LogP contribution in [0.2, 0.25) is 10.6 Å². The average molecular weight is 297 g/mol. The Bertz CT molecular complexity index is 107. The first kappa shape index (κ1) is 18.5. The van der Waals surface area contributed by atoms with Gasteiger partial charge in [-0.25, -0.2) is 0 Å². The van der Waals surface area contributed by atoms with Gasteiger partial charge >= 0.3 is 28.7 Å². The van der Waals surface area contributed by atoms with Crippen LogP contribution < -0.4 is 0 Å². The van der Waals surface area contributed by atoms with Gasteiger partial charge in [-0.05, 0) is 64.2 Å². The van der Waals surface area contributed by atoms with Gasteiger partial charge in [-0.15, -0.1) is 10.6 Å². The van der Waals surface area contributed by atoms with Crippen LogP contribution in [0.1, 0.15) is 6.42 Å². The first-order valence-corrected chi connectivity index (χ1v) is 10.3. The fraction of sp³-hybridized carbons (Fsp3) is 0.214. The van der Waals surface area contributed by atoms with E-state index in [9.17, 15) is 0 Å². The van der Waals surface area contributed by atoms with E-state index in [1.54, 1.807) is 0 Å². The summed E-state index contributed by atoms with van der Waals surface area (Å²) in [5.41, 5.74) is 0. The topological polar surface area (TPSA) is 0 Å². The number of hydrogen-bond donors (Lipinski definition) is 0. The van der Waals surface area contributed by atoms with Crippen molar-refractivity contribution in [2.75, 3.05) is 0 Å². The van der Waals surface area contributed by atoms with E-state index in [-0.39, 0.29) is 14.1 Å². The summed E-state index contributed by atoms with van der Waals surface area (Å²) in [5, 5.41) is 3.03. The van der Waals surface area contributed by atoms with Crippen LogP contribution in [0.15, 0.2) is 0 Å². The molecule has 1 heterocycles. The van der Waals surface area contributed by atoms with E-state index in [1.807, 2.05) is 64.2 Å². The van der Waals surface area contributed by atoms with Crippen LogP contribution >= 0.6 is 9.30 Å². The minimum absolute atomic E-state index is 0.219. The molecule has 0 bridgehead atoms. The van der Waals surface area contributed by atoms with E-state index in [2.05, 4.69) is 15.1 Å². The van der Waals surface area contributed by atoms with Crippen molar-refractivity contribution in [1.82, 2.24) is 0 Å². The third kappa shape index (κ3) is 13.8. The van der Waals surface area contributed by atoms with Crippen LogP contribution in [0.4, 0.5) is 0 Å². The Morgan fingerprint density at radius 3 is 0.941 bits per heavy atom. The summed E-state index contributed by atoms with van der Waals surface area (Å²) in [6.07, 6.45) is 21.5. The second kappa shape index (κ2) is 15.6. The second-order valence-electron chi connectivity index (χ2n) is 3.72. The molecule has 1 aliphatic heterocycles. The molecule has 3 rings (SSSR count). The van der Waals surface area contributed by atoms with E-state index in [4.69, 9.17) is 0 Å². The molecule has 10 radical (unpaired) electrons. The Hall–Kier alpha value is 1.54. The molecule has 0 atom stereocenters. The zero-order valence-corrected chi connectivity index (χ0v) is 13.5. The van der Waals surface area contributed by atoms with Crippen LogP contribution in [0.3, 0.4) is 0 Å². The maximum absolute atomic E-state index is 4.64. The van der Waals surface area contributed by atoms with Gasteiger partial charge in [0.1, 0.15) is 0 Å². The fourth-order valence-electron chi connectivity index (χ4n) is 1.13. The Kier molecular flexibility index (Phi) is 17.0. The molecule has 2 saturated carbocycles. The molecular formula is C14H18AlClTi. The first-order valence-electron chi connectivity index (χ1n) is 5.75. The van der Waals surface area contributed by atoms with Crippen molar-refractivity contribution in [1.29, 1.82) is 0 Å². The molecule has 0 N–H and O–H groups in total. The summed E-state index contributed by atoms with van der Waals surface area (Å²) in [5.74, 6) is 3.98. The fourth-order valence-corrected chi connectivity index (χ4v) is 2.12. The number of hydrogen-bond acceptors (Lipinski definition) is 0. The summed E-state index contributed by atoms with van der Waals surface area (Å²) in [6, 6.07) is 0. The molecule has 2 aliphatic carbocycles. The van der Waals surface area contributed by atoms with Crippen molar-refractivity contribution in [2.45, 2.75) is 17.0 Å². The third-order valence-electron chi connectivity index (χ3n) is 2.34. The molecule has 0 aromatic carbocycles. The maximum atomic E-state index is 4.64. The molecule has 3 aliphatic rings. The Morgan fingerprint density at radius 1 is 0.706 bits per heavy atom. The third-order valence-corrected chi connectivity index (χ3v) is 4.79. The van der Waals surface area contributed by atoms with Crippen molar-refractivity contribution >= 4 is 23.5 Å². The van der Waals surface area contributed by atoms with E-state index in [0.717, 1.165) is 0 Å². The van der Waals surface area contributed by atoms with Gasteiger partial charge < -0.3 is 5.79 Å². The molecule has 0 aromatic heterocycles. The molecule has 0 nitrogen and oxygen atoms in total. The van der Waals surface area contributed by atoms with Crippen molar-refractivity contribution in [2.24, 2.45) is 0 Å². The van der Waals surface area contributed by atoms with Gasteiger partial charge in [0.15, 0.2) is 0 Å². The van der Waals surface area contributed by atoms with Gasteiger partial charge in [0.2, 0.25) is 0 Å². The summed E-state index contributed by atoms with van der Waals surface area (Å²) >= 11 is 1.25. The predicted molar refractivity (Wildman–Crippen MR) is 74.2 cm³/mol. The molecule has 3 heteroatoms. The van der Waals surface area contributed by atoms with Gasteiger partial charge in [-0.1, -0.05) is 6.42 Å². The average Bonchev–Trinajstić information content (AvgIpc) is 3.06. The Balaban J connectivity index is 0.000000211. The van der Waals surface area contributed by atoms with Crippen LogP contribution in [0, 0.1) is 70.0 Å². The minimum atomic E-state index is -0.219. The molecule has 88 valence electrons. The van der Waals surface area contributed by atoms with Gasteiger partial charge in [-0.3, -0.25) is 0 Å². The van der Waals surface area contributed by atoms with Gasteiger partial charge in [-0.2, -0.15) is 0 Å². The van der Waals surface area contributed by atoms with Crippen LogP contribution in [0.5, 0.6) is 0 Å². The molecule has 3 fully saturated rings. The first-order chi connectivity index (χ1) is 8.39. The van der Waals surface area contributed by atoms with Crippen molar-refractivity contribution in [3.05, 3.63) is 70.0 Å². The van der Waals surface area contributed by atoms with E-state index < -0.39 is 0 Å². The normalized spacial score (nSPS) is 20.9. The summed E-state index contributed by atoms with van der Waals surface area (Å²) < 4.78 is 0. The predicted octanol–water partition coefficient (Wildman–Crippen LogP) is 3.99. The number of rotatable bonds is 0. The Morgan fingerprint density at radius 2 is 0.882 bits per heavy atom. The quantitative estimate of drug-likeness (QED) is 0.468. The molecule has 0 unspecified atom stereocenters. The van der Waals surface area contributed by atoms with E-state index >= 15 is 0 Å². The monoisotopic (exact) mass is 296 g/mol. The Labute approximate surface area is 129 Å². The summed E-state index contributed by atoms with van der Waals surface area (Å²) in [7, 11) is 4.64. The molecular weight excluding hydrogens is 278 g/mol. The zero-order chi connectivity index (χ0) is 12.8. The van der Waals surface area contributed by atoms with Crippen molar-refractivity contribution in [3.63, 3.8) is 0 Å².